The van der Waals surface area contributed by atoms with E-state index in [2.05, 4.69) is 15.3 Å². The molecule has 0 spiro atoms. The lowest BCUT2D eigenvalue weighted by Crippen LogP contribution is -2.36. The van der Waals surface area contributed by atoms with Crippen molar-refractivity contribution in [3.63, 3.8) is 0 Å². The quantitative estimate of drug-likeness (QED) is 0.583. The zero-order valence-corrected chi connectivity index (χ0v) is 18.7. The van der Waals surface area contributed by atoms with E-state index in [1.54, 1.807) is 30.3 Å². The lowest BCUT2D eigenvalue weighted by molar-refractivity contribution is -0.119. The molecular weight excluding hydrogens is 461 g/mol. The number of benzene rings is 1. The Kier molecular flexibility index (Phi) is 7.25. The lowest BCUT2D eigenvalue weighted by Gasteiger charge is -2.20. The van der Waals surface area contributed by atoms with Crippen LogP contribution in [0.15, 0.2) is 48.0 Å². The van der Waals surface area contributed by atoms with Crippen LogP contribution in [0, 0.1) is 5.92 Å². The van der Waals surface area contributed by atoms with Crippen molar-refractivity contribution in [2.75, 3.05) is 24.7 Å². The molecule has 8 nitrogen and oxygen atoms in total. The fourth-order valence-electron chi connectivity index (χ4n) is 2.95. The van der Waals surface area contributed by atoms with Gasteiger partial charge < -0.3 is 15.0 Å². The van der Waals surface area contributed by atoms with Crippen LogP contribution in [-0.4, -0.2) is 56.4 Å². The van der Waals surface area contributed by atoms with E-state index in [1.165, 1.54) is 13.1 Å². The first-order valence-electron chi connectivity index (χ1n) is 9.98. The summed E-state index contributed by atoms with van der Waals surface area (Å²) in [5, 5.41) is 3.77. The molecule has 1 fully saturated rings. The summed E-state index contributed by atoms with van der Waals surface area (Å²) in [5.41, 5.74) is -0.0959. The maximum Gasteiger partial charge on any atom is 0.406 e. The molecule has 33 heavy (non-hydrogen) atoms. The fraction of sp³-hybridized carbons (Fsp3) is 0.381. The highest BCUT2D eigenvalue weighted by molar-refractivity contribution is 7.93. The summed E-state index contributed by atoms with van der Waals surface area (Å²) in [5.74, 6) is -0.722. The van der Waals surface area contributed by atoms with Gasteiger partial charge in [0.05, 0.1) is 6.04 Å². The number of nitrogens with one attached hydrogen (secondary N) is 1. The molecule has 1 N–H and O–H groups in total. The Morgan fingerprint density at radius 3 is 2.55 bits per heavy atom. The zero-order valence-electron chi connectivity index (χ0n) is 17.9. The minimum atomic E-state index is -4.47. The number of sulfone groups is 1. The topological polar surface area (TPSA) is 101 Å². The van der Waals surface area contributed by atoms with Crippen molar-refractivity contribution in [3.05, 3.63) is 53.6 Å². The summed E-state index contributed by atoms with van der Waals surface area (Å²) < 4.78 is 67.0. The summed E-state index contributed by atoms with van der Waals surface area (Å²) in [6, 6.07) is 7.79. The molecule has 1 heterocycles. The van der Waals surface area contributed by atoms with Crippen LogP contribution < -0.4 is 15.0 Å². The van der Waals surface area contributed by atoms with Crippen molar-refractivity contribution in [1.29, 1.82) is 0 Å². The first-order valence-corrected chi connectivity index (χ1v) is 11.9. The van der Waals surface area contributed by atoms with E-state index >= 15 is 0 Å². The van der Waals surface area contributed by atoms with Crippen LogP contribution in [-0.2, 0) is 9.84 Å². The molecule has 1 atom stereocenters. The molecular formula is C21H23F3N4O4S. The van der Waals surface area contributed by atoms with E-state index in [0.29, 0.717) is 5.75 Å². The Labute approximate surface area is 189 Å². The van der Waals surface area contributed by atoms with Gasteiger partial charge in [-0.2, -0.15) is 18.2 Å². The molecule has 12 heteroatoms. The summed E-state index contributed by atoms with van der Waals surface area (Å²) in [7, 11) is -2.21. The van der Waals surface area contributed by atoms with Crippen molar-refractivity contribution in [2.24, 2.45) is 5.92 Å². The van der Waals surface area contributed by atoms with Crippen LogP contribution in [0.5, 0.6) is 11.6 Å². The number of anilines is 1. The minimum Gasteiger partial charge on any atom is -0.438 e. The van der Waals surface area contributed by atoms with Gasteiger partial charge in [-0.1, -0.05) is 24.3 Å². The van der Waals surface area contributed by atoms with E-state index in [9.17, 15) is 26.4 Å². The van der Waals surface area contributed by atoms with E-state index in [1.807, 2.05) is 0 Å². The van der Waals surface area contributed by atoms with E-state index in [-0.39, 0.29) is 23.3 Å². The summed E-state index contributed by atoms with van der Waals surface area (Å²) in [6.45, 7) is -1.29. The minimum absolute atomic E-state index is 0.0866. The Morgan fingerprint density at radius 1 is 1.30 bits per heavy atom. The maximum atomic E-state index is 13.0. The molecule has 0 unspecified atom stereocenters. The first kappa shape index (κ1) is 24.5. The number of halogens is 3. The molecule has 2 aromatic rings. The molecule has 3 rings (SSSR count). The van der Waals surface area contributed by atoms with Crippen molar-refractivity contribution in [1.82, 2.24) is 15.3 Å². The van der Waals surface area contributed by atoms with Crippen molar-refractivity contribution in [2.45, 2.75) is 25.1 Å². The van der Waals surface area contributed by atoms with Gasteiger partial charge in [-0.15, -0.1) is 0 Å². The molecule has 1 saturated carbocycles. The number of aromatic nitrogens is 2. The smallest absolute Gasteiger partial charge is 0.406 e. The number of hydrogen-bond acceptors (Lipinski definition) is 7. The summed E-state index contributed by atoms with van der Waals surface area (Å²) in [6.07, 6.45) is 0.722. The van der Waals surface area contributed by atoms with Gasteiger partial charge in [0.1, 0.15) is 17.9 Å². The van der Waals surface area contributed by atoms with Gasteiger partial charge in [0.15, 0.2) is 9.84 Å². The van der Waals surface area contributed by atoms with Crippen LogP contribution in [0.1, 0.15) is 23.2 Å². The number of nitrogens with zero attached hydrogens (tertiary/aromatic N) is 3. The highest BCUT2D eigenvalue weighted by atomic mass is 32.2. The van der Waals surface area contributed by atoms with Gasteiger partial charge in [-0.25, -0.2) is 13.4 Å². The third-order valence-corrected chi connectivity index (χ3v) is 5.31. The second-order valence-electron chi connectivity index (χ2n) is 7.77. The van der Waals surface area contributed by atoms with Gasteiger partial charge >= 0.3 is 6.18 Å². The van der Waals surface area contributed by atoms with Crippen molar-refractivity contribution in [3.8, 4) is 11.6 Å². The fourth-order valence-corrected chi connectivity index (χ4v) is 3.40. The van der Waals surface area contributed by atoms with Crippen LogP contribution in [0.25, 0.3) is 0 Å². The van der Waals surface area contributed by atoms with Gasteiger partial charge in [-0.3, -0.25) is 4.79 Å². The average molecular weight is 485 g/mol. The predicted octanol–water partition coefficient (Wildman–Crippen LogP) is 3.33. The third-order valence-electron chi connectivity index (χ3n) is 4.66. The molecule has 0 saturated heterocycles. The van der Waals surface area contributed by atoms with Crippen molar-refractivity contribution >= 4 is 21.7 Å². The largest absolute Gasteiger partial charge is 0.438 e. The van der Waals surface area contributed by atoms with Crippen LogP contribution in [0.4, 0.5) is 19.1 Å². The van der Waals surface area contributed by atoms with Crippen LogP contribution in [0.2, 0.25) is 0 Å². The van der Waals surface area contributed by atoms with E-state index in [0.717, 1.165) is 35.6 Å². The summed E-state index contributed by atoms with van der Waals surface area (Å²) >= 11 is 0. The first-order chi connectivity index (χ1) is 15.4. The lowest BCUT2D eigenvalue weighted by atomic mass is 10.1. The molecule has 0 radical (unpaired) electrons. The Hall–Kier alpha value is -3.15. The Balaban J connectivity index is 1.90. The number of hydrogen-bond donors (Lipinski definition) is 1. The number of amides is 1. The van der Waals surface area contributed by atoms with Crippen LogP contribution in [0.3, 0.4) is 0 Å². The maximum absolute atomic E-state index is 13.0. The number of carbonyl (C=O) groups excluding carboxylic acids is 1. The van der Waals surface area contributed by atoms with Crippen molar-refractivity contribution < 1.29 is 31.1 Å². The monoisotopic (exact) mass is 484 g/mol. The Morgan fingerprint density at radius 2 is 1.97 bits per heavy atom. The second-order valence-corrected chi connectivity index (χ2v) is 9.70. The normalized spacial score (nSPS) is 15.3. The average Bonchev–Trinajstić information content (AvgIpc) is 3.55. The van der Waals surface area contributed by atoms with E-state index in [4.69, 9.17) is 4.74 Å². The third kappa shape index (κ3) is 7.74. The number of carbonyl (C=O) groups is 1. The van der Waals surface area contributed by atoms with Gasteiger partial charge in [0, 0.05) is 24.9 Å². The second kappa shape index (κ2) is 9.77. The molecule has 0 aliphatic heterocycles. The summed E-state index contributed by atoms with van der Waals surface area (Å²) in [4.78, 5) is 21.7. The van der Waals surface area contributed by atoms with Gasteiger partial charge in [0.2, 0.25) is 11.8 Å². The number of alkyl halides is 3. The standard InChI is InChI=1S/C21H23F3N4O4S/c1-28(13-21(22,23)24)20-25-12-16(19(27-20)32-15-6-4-3-5-7-15)18(29)26-17(14-8-9-14)10-11-33(2,30)31/h3-7,10-12,14,17H,8-9,13H2,1-2H3,(H,26,29)/b11-10+/t17-/m1/s1. The number of para-hydroxylation sites is 1. The highest BCUT2D eigenvalue weighted by Gasteiger charge is 2.33. The number of ether oxygens (including phenoxy) is 1. The molecule has 1 aliphatic rings. The van der Waals surface area contributed by atoms with Gasteiger partial charge in [0.25, 0.3) is 5.91 Å². The molecule has 1 aromatic carbocycles. The van der Waals surface area contributed by atoms with E-state index < -0.39 is 34.5 Å². The SMILES string of the molecule is CN(CC(F)(F)F)c1ncc(C(=O)N[C@H](/C=C/S(C)(=O)=O)C2CC2)c(Oc2ccccc2)n1. The van der Waals surface area contributed by atoms with Gasteiger partial charge in [-0.05, 0) is 30.9 Å². The molecule has 1 amide bonds. The predicted molar refractivity (Wildman–Crippen MR) is 116 cm³/mol. The molecule has 1 aromatic heterocycles. The zero-order chi connectivity index (χ0) is 24.2. The molecule has 178 valence electrons. The number of rotatable bonds is 9. The highest BCUT2D eigenvalue weighted by Crippen LogP contribution is 2.34. The molecule has 1 aliphatic carbocycles. The molecule has 0 bridgehead atoms. The van der Waals surface area contributed by atoms with Crippen LogP contribution >= 0.6 is 0 Å². The Bertz CT molecular complexity index is 1120.